The summed E-state index contributed by atoms with van der Waals surface area (Å²) in [5, 5.41) is 3.86. The number of benzene rings is 3. The monoisotopic (exact) mass is 603 g/mol. The van der Waals surface area contributed by atoms with Crippen LogP contribution in [0.5, 0.6) is 0 Å². The average Bonchev–Trinajstić information content (AvgIpc) is 2.91. The fraction of sp³-hybridized carbons (Fsp3) is 0.333. The third-order valence-corrected chi connectivity index (χ3v) is 8.84. The van der Waals surface area contributed by atoms with E-state index in [4.69, 9.17) is 23.2 Å². The standard InChI is InChI=1S/C30H35Cl2N3O4S/c1-5-6-17-33-30(37)23(4)34(19-24-9-11-25(31)12-10-24)29(36)20-35(28-16-13-26(32)18-22(28)3)40(38,39)27-14-7-21(2)8-15-27/h7-16,18,23H,5-6,17,19-20H2,1-4H3,(H,33,37)/t23-/m0/s1. The van der Waals surface area contributed by atoms with Gasteiger partial charge in [0.05, 0.1) is 10.6 Å². The normalized spacial score (nSPS) is 12.1. The molecule has 0 aliphatic carbocycles. The van der Waals surface area contributed by atoms with E-state index >= 15 is 0 Å². The summed E-state index contributed by atoms with van der Waals surface area (Å²) in [6.07, 6.45) is 1.72. The largest absolute Gasteiger partial charge is 0.354 e. The van der Waals surface area contributed by atoms with Gasteiger partial charge in [0.15, 0.2) is 0 Å². The second-order valence-corrected chi connectivity index (χ2v) is 12.5. The van der Waals surface area contributed by atoms with Crippen molar-refractivity contribution in [2.75, 3.05) is 17.4 Å². The molecule has 1 atom stereocenters. The van der Waals surface area contributed by atoms with Gasteiger partial charge in [-0.05, 0) is 80.8 Å². The minimum Gasteiger partial charge on any atom is -0.354 e. The molecule has 0 radical (unpaired) electrons. The van der Waals surface area contributed by atoms with Crippen LogP contribution in [0.2, 0.25) is 10.0 Å². The van der Waals surface area contributed by atoms with E-state index in [1.165, 1.54) is 17.0 Å². The van der Waals surface area contributed by atoms with E-state index < -0.39 is 28.5 Å². The van der Waals surface area contributed by atoms with Crippen molar-refractivity contribution in [2.24, 2.45) is 0 Å². The Labute approximate surface area is 247 Å². The molecule has 2 amide bonds. The lowest BCUT2D eigenvalue weighted by atomic mass is 10.1. The van der Waals surface area contributed by atoms with E-state index in [1.54, 1.807) is 68.4 Å². The molecule has 0 bridgehead atoms. The van der Waals surface area contributed by atoms with Crippen molar-refractivity contribution in [3.8, 4) is 0 Å². The van der Waals surface area contributed by atoms with E-state index in [0.29, 0.717) is 27.8 Å². The van der Waals surface area contributed by atoms with Crippen molar-refractivity contribution in [3.05, 3.63) is 93.5 Å². The molecule has 0 fully saturated rings. The number of sulfonamides is 1. The van der Waals surface area contributed by atoms with Crippen LogP contribution >= 0.6 is 23.2 Å². The molecule has 214 valence electrons. The van der Waals surface area contributed by atoms with Crippen LogP contribution in [-0.4, -0.2) is 44.3 Å². The zero-order valence-corrected chi connectivity index (χ0v) is 25.5. The van der Waals surface area contributed by atoms with E-state index in [-0.39, 0.29) is 17.3 Å². The lowest BCUT2D eigenvalue weighted by Gasteiger charge is -2.32. The van der Waals surface area contributed by atoms with E-state index in [2.05, 4.69) is 5.32 Å². The molecule has 10 heteroatoms. The second-order valence-electron chi connectivity index (χ2n) is 9.72. The average molecular weight is 605 g/mol. The smallest absolute Gasteiger partial charge is 0.264 e. The first-order valence-corrected chi connectivity index (χ1v) is 15.3. The number of halogens is 2. The number of unbranched alkanes of at least 4 members (excludes halogenated alkanes) is 1. The molecule has 0 saturated carbocycles. The van der Waals surface area contributed by atoms with Crippen LogP contribution in [0, 0.1) is 13.8 Å². The maximum atomic E-state index is 14.0. The van der Waals surface area contributed by atoms with E-state index in [9.17, 15) is 18.0 Å². The quantitative estimate of drug-likeness (QED) is 0.252. The van der Waals surface area contributed by atoms with E-state index in [1.807, 2.05) is 13.8 Å². The van der Waals surface area contributed by atoms with Gasteiger partial charge in [-0.25, -0.2) is 8.42 Å². The molecule has 0 aliphatic rings. The van der Waals surface area contributed by atoms with Crippen LogP contribution in [0.4, 0.5) is 5.69 Å². The third-order valence-electron chi connectivity index (χ3n) is 6.58. The zero-order valence-electron chi connectivity index (χ0n) is 23.2. The topological polar surface area (TPSA) is 86.8 Å². The highest BCUT2D eigenvalue weighted by molar-refractivity contribution is 7.92. The maximum absolute atomic E-state index is 14.0. The number of carbonyl (C=O) groups excluding carboxylic acids is 2. The fourth-order valence-corrected chi connectivity index (χ4v) is 5.99. The van der Waals surface area contributed by atoms with Gasteiger partial charge >= 0.3 is 0 Å². The minimum atomic E-state index is -4.15. The number of anilines is 1. The molecule has 0 aromatic heterocycles. The Balaban J connectivity index is 2.03. The summed E-state index contributed by atoms with van der Waals surface area (Å²) < 4.78 is 29.0. The molecular weight excluding hydrogens is 569 g/mol. The van der Waals surface area contributed by atoms with Crippen LogP contribution in [0.3, 0.4) is 0 Å². The highest BCUT2D eigenvalue weighted by Crippen LogP contribution is 2.29. The first kappa shape index (κ1) is 31.5. The molecule has 0 saturated heterocycles. The number of amides is 2. The molecule has 3 aromatic rings. The molecule has 3 rings (SSSR count). The lowest BCUT2D eigenvalue weighted by molar-refractivity contribution is -0.139. The number of nitrogens with one attached hydrogen (secondary N) is 1. The second kappa shape index (κ2) is 14.0. The van der Waals surface area contributed by atoms with Gasteiger partial charge < -0.3 is 10.2 Å². The van der Waals surface area contributed by atoms with Gasteiger partial charge in [-0.2, -0.15) is 0 Å². The summed E-state index contributed by atoms with van der Waals surface area (Å²) in [5.41, 5.74) is 2.57. The Morgan fingerprint density at radius 2 is 1.55 bits per heavy atom. The molecule has 0 unspecified atom stereocenters. The summed E-state index contributed by atoms with van der Waals surface area (Å²) in [6, 6.07) is 17.4. The van der Waals surface area contributed by atoms with E-state index in [0.717, 1.165) is 28.3 Å². The molecule has 3 aromatic carbocycles. The summed E-state index contributed by atoms with van der Waals surface area (Å²) in [6.45, 7) is 7.33. The number of rotatable bonds is 12. The summed E-state index contributed by atoms with van der Waals surface area (Å²) in [7, 11) is -4.15. The molecule has 0 aliphatic heterocycles. The Morgan fingerprint density at radius 1 is 0.925 bits per heavy atom. The molecular formula is C30H35Cl2N3O4S. The fourth-order valence-electron chi connectivity index (χ4n) is 4.15. The lowest BCUT2D eigenvalue weighted by Crippen LogP contribution is -2.51. The number of hydrogen-bond donors (Lipinski definition) is 1. The first-order chi connectivity index (χ1) is 18.9. The molecule has 40 heavy (non-hydrogen) atoms. The predicted octanol–water partition coefficient (Wildman–Crippen LogP) is 6.14. The predicted molar refractivity (Wildman–Crippen MR) is 161 cm³/mol. The Hall–Kier alpha value is -3.07. The number of hydrogen-bond acceptors (Lipinski definition) is 4. The van der Waals surface area contributed by atoms with Crippen LogP contribution in [-0.2, 0) is 26.2 Å². The van der Waals surface area contributed by atoms with Gasteiger partial charge in [-0.1, -0.05) is 66.4 Å². The molecule has 1 N–H and O–H groups in total. The number of carbonyl (C=O) groups is 2. The van der Waals surface area contributed by atoms with Gasteiger partial charge in [-0.3, -0.25) is 13.9 Å². The van der Waals surface area contributed by atoms with Crippen LogP contribution < -0.4 is 9.62 Å². The molecule has 0 spiro atoms. The Kier molecular flexibility index (Phi) is 11.0. The van der Waals surface area contributed by atoms with Crippen molar-refractivity contribution < 1.29 is 18.0 Å². The molecule has 0 heterocycles. The summed E-state index contributed by atoms with van der Waals surface area (Å²) >= 11 is 12.2. The van der Waals surface area contributed by atoms with Gasteiger partial charge in [0.25, 0.3) is 10.0 Å². The van der Waals surface area contributed by atoms with Crippen LogP contribution in [0.1, 0.15) is 43.4 Å². The van der Waals surface area contributed by atoms with Crippen LogP contribution in [0.25, 0.3) is 0 Å². The molecule has 7 nitrogen and oxygen atoms in total. The van der Waals surface area contributed by atoms with Gasteiger partial charge in [0, 0.05) is 23.1 Å². The van der Waals surface area contributed by atoms with Crippen molar-refractivity contribution in [2.45, 2.75) is 58.0 Å². The third kappa shape index (κ3) is 7.99. The SMILES string of the molecule is CCCCNC(=O)[C@H](C)N(Cc1ccc(Cl)cc1)C(=O)CN(c1ccc(Cl)cc1C)S(=O)(=O)c1ccc(C)cc1. The van der Waals surface area contributed by atoms with Crippen molar-refractivity contribution in [1.29, 1.82) is 0 Å². The minimum absolute atomic E-state index is 0.0508. The van der Waals surface area contributed by atoms with Gasteiger partial charge in [-0.15, -0.1) is 0 Å². The van der Waals surface area contributed by atoms with Gasteiger partial charge in [0.2, 0.25) is 11.8 Å². The Morgan fingerprint density at radius 3 is 2.15 bits per heavy atom. The van der Waals surface area contributed by atoms with Crippen molar-refractivity contribution in [1.82, 2.24) is 10.2 Å². The Bertz CT molecular complexity index is 1430. The summed E-state index contributed by atoms with van der Waals surface area (Å²) in [5.74, 6) is -0.843. The van der Waals surface area contributed by atoms with Crippen molar-refractivity contribution >= 4 is 50.7 Å². The van der Waals surface area contributed by atoms with Gasteiger partial charge in [0.1, 0.15) is 12.6 Å². The summed E-state index contributed by atoms with van der Waals surface area (Å²) in [4.78, 5) is 28.5. The highest BCUT2D eigenvalue weighted by Gasteiger charge is 2.33. The highest BCUT2D eigenvalue weighted by atomic mass is 35.5. The number of aryl methyl sites for hydroxylation is 2. The van der Waals surface area contributed by atoms with Crippen LogP contribution in [0.15, 0.2) is 71.6 Å². The number of nitrogens with zero attached hydrogens (tertiary/aromatic N) is 2. The van der Waals surface area contributed by atoms with Crippen molar-refractivity contribution in [3.63, 3.8) is 0 Å². The first-order valence-electron chi connectivity index (χ1n) is 13.1. The zero-order chi connectivity index (χ0) is 29.4. The maximum Gasteiger partial charge on any atom is 0.264 e.